The van der Waals surface area contributed by atoms with Gasteiger partial charge in [-0.15, -0.1) is 0 Å². The first-order chi connectivity index (χ1) is 12.3. The SMILES string of the molecule is CN=C(NCCC1=CCOCC1)NC(C)c1ccc2ccccc2c1. The molecule has 0 saturated heterocycles. The van der Waals surface area contributed by atoms with E-state index < -0.39 is 0 Å². The topological polar surface area (TPSA) is 45.7 Å². The quantitative estimate of drug-likeness (QED) is 0.495. The van der Waals surface area contributed by atoms with Crippen molar-refractivity contribution in [1.29, 1.82) is 0 Å². The highest BCUT2D eigenvalue weighted by atomic mass is 16.5. The standard InChI is InChI=1S/C21H27N3O/c1-16(19-8-7-18-5-3-4-6-20(18)15-19)24-21(22-2)23-12-9-17-10-13-25-14-11-17/h3-8,10,15-16H,9,11-14H2,1-2H3,(H2,22,23,24). The van der Waals surface area contributed by atoms with Crippen LogP contribution in [0.2, 0.25) is 0 Å². The molecule has 4 heteroatoms. The number of benzene rings is 2. The van der Waals surface area contributed by atoms with Crippen molar-refractivity contribution in [2.24, 2.45) is 4.99 Å². The molecule has 0 bridgehead atoms. The fraction of sp³-hybridized carbons (Fsp3) is 0.381. The number of guanidine groups is 1. The Morgan fingerprint density at radius 3 is 2.80 bits per heavy atom. The molecule has 1 atom stereocenters. The first-order valence-electron chi connectivity index (χ1n) is 8.98. The predicted octanol–water partition coefficient (Wildman–Crippen LogP) is 3.80. The van der Waals surface area contributed by atoms with Crippen LogP contribution >= 0.6 is 0 Å². The number of ether oxygens (including phenoxy) is 1. The lowest BCUT2D eigenvalue weighted by atomic mass is 10.0. The molecule has 2 aromatic carbocycles. The normalized spacial score (nSPS) is 16.4. The van der Waals surface area contributed by atoms with Gasteiger partial charge < -0.3 is 15.4 Å². The van der Waals surface area contributed by atoms with E-state index >= 15 is 0 Å². The Morgan fingerprint density at radius 2 is 2.04 bits per heavy atom. The number of nitrogens with zero attached hydrogens (tertiary/aromatic N) is 1. The number of rotatable bonds is 5. The van der Waals surface area contributed by atoms with Gasteiger partial charge in [-0.2, -0.15) is 0 Å². The number of fused-ring (bicyclic) bond motifs is 1. The molecule has 1 unspecified atom stereocenters. The first kappa shape index (κ1) is 17.5. The maximum absolute atomic E-state index is 5.35. The molecule has 0 fully saturated rings. The first-order valence-corrected chi connectivity index (χ1v) is 8.98. The van der Waals surface area contributed by atoms with Crippen LogP contribution in [0.5, 0.6) is 0 Å². The fourth-order valence-corrected chi connectivity index (χ4v) is 3.09. The van der Waals surface area contributed by atoms with E-state index in [9.17, 15) is 0 Å². The van der Waals surface area contributed by atoms with Crippen LogP contribution in [-0.2, 0) is 4.74 Å². The van der Waals surface area contributed by atoms with Crippen molar-refractivity contribution < 1.29 is 4.74 Å². The molecular weight excluding hydrogens is 310 g/mol. The summed E-state index contributed by atoms with van der Waals surface area (Å²) in [7, 11) is 1.82. The smallest absolute Gasteiger partial charge is 0.191 e. The Labute approximate surface area is 150 Å². The van der Waals surface area contributed by atoms with Gasteiger partial charge in [0.2, 0.25) is 0 Å². The molecule has 3 rings (SSSR count). The Balaban J connectivity index is 1.55. The summed E-state index contributed by atoms with van der Waals surface area (Å²) in [6, 6.07) is 15.2. The monoisotopic (exact) mass is 337 g/mol. The zero-order chi connectivity index (χ0) is 17.5. The minimum atomic E-state index is 0.193. The van der Waals surface area contributed by atoms with E-state index in [0.717, 1.165) is 38.6 Å². The number of hydrogen-bond acceptors (Lipinski definition) is 2. The van der Waals surface area contributed by atoms with E-state index in [4.69, 9.17) is 4.74 Å². The van der Waals surface area contributed by atoms with E-state index in [0.29, 0.717) is 0 Å². The average Bonchev–Trinajstić information content (AvgIpc) is 2.67. The van der Waals surface area contributed by atoms with Crippen molar-refractivity contribution in [3.05, 3.63) is 59.7 Å². The highest BCUT2D eigenvalue weighted by molar-refractivity contribution is 5.84. The van der Waals surface area contributed by atoms with Gasteiger partial charge in [-0.3, -0.25) is 4.99 Å². The maximum atomic E-state index is 5.35. The second-order valence-corrected chi connectivity index (χ2v) is 6.41. The molecule has 0 spiro atoms. The summed E-state index contributed by atoms with van der Waals surface area (Å²) in [5.41, 5.74) is 2.73. The average molecular weight is 337 g/mol. The van der Waals surface area contributed by atoms with Gasteiger partial charge in [0, 0.05) is 13.6 Å². The van der Waals surface area contributed by atoms with Gasteiger partial charge in [0.15, 0.2) is 5.96 Å². The van der Waals surface area contributed by atoms with Crippen molar-refractivity contribution in [2.75, 3.05) is 26.8 Å². The van der Waals surface area contributed by atoms with E-state index in [2.05, 4.69) is 71.1 Å². The molecule has 0 saturated carbocycles. The van der Waals surface area contributed by atoms with E-state index in [1.165, 1.54) is 21.9 Å². The molecule has 25 heavy (non-hydrogen) atoms. The van der Waals surface area contributed by atoms with Crippen molar-refractivity contribution >= 4 is 16.7 Å². The van der Waals surface area contributed by atoms with Gasteiger partial charge in [0.05, 0.1) is 19.3 Å². The second kappa shape index (κ2) is 8.67. The summed E-state index contributed by atoms with van der Waals surface area (Å²) in [6.45, 7) is 4.65. The molecule has 132 valence electrons. The van der Waals surface area contributed by atoms with Gasteiger partial charge in [-0.25, -0.2) is 0 Å². The van der Waals surface area contributed by atoms with Crippen LogP contribution < -0.4 is 10.6 Å². The second-order valence-electron chi connectivity index (χ2n) is 6.41. The Hall–Kier alpha value is -2.33. The minimum absolute atomic E-state index is 0.193. The van der Waals surface area contributed by atoms with Crippen LogP contribution in [0, 0.1) is 0 Å². The number of nitrogens with one attached hydrogen (secondary N) is 2. The number of aliphatic imine (C=N–C) groups is 1. The Morgan fingerprint density at radius 1 is 1.20 bits per heavy atom. The molecule has 0 aliphatic carbocycles. The summed E-state index contributed by atoms with van der Waals surface area (Å²) in [5, 5.41) is 9.43. The summed E-state index contributed by atoms with van der Waals surface area (Å²) in [4.78, 5) is 4.35. The predicted molar refractivity (Wildman–Crippen MR) is 105 cm³/mol. The van der Waals surface area contributed by atoms with Crippen LogP contribution in [0.1, 0.15) is 31.4 Å². The van der Waals surface area contributed by atoms with Crippen molar-refractivity contribution in [3.8, 4) is 0 Å². The highest BCUT2D eigenvalue weighted by Crippen LogP contribution is 2.20. The molecule has 1 aliphatic rings. The van der Waals surface area contributed by atoms with E-state index in [1.807, 2.05) is 7.05 Å². The van der Waals surface area contributed by atoms with E-state index in [1.54, 1.807) is 0 Å². The van der Waals surface area contributed by atoms with Crippen molar-refractivity contribution in [2.45, 2.75) is 25.8 Å². The summed E-state index contributed by atoms with van der Waals surface area (Å²) >= 11 is 0. The molecule has 4 nitrogen and oxygen atoms in total. The van der Waals surface area contributed by atoms with Gasteiger partial charge >= 0.3 is 0 Å². The molecular formula is C21H27N3O. The lowest BCUT2D eigenvalue weighted by Gasteiger charge is -2.19. The van der Waals surface area contributed by atoms with Crippen LogP contribution in [0.15, 0.2) is 59.1 Å². The number of hydrogen-bond donors (Lipinski definition) is 2. The summed E-state index contributed by atoms with van der Waals surface area (Å²) < 4.78 is 5.35. The fourth-order valence-electron chi connectivity index (χ4n) is 3.09. The molecule has 1 aliphatic heterocycles. The van der Waals surface area contributed by atoms with Gasteiger partial charge in [0.1, 0.15) is 0 Å². The van der Waals surface area contributed by atoms with Crippen LogP contribution in [0.4, 0.5) is 0 Å². The third-order valence-corrected chi connectivity index (χ3v) is 4.65. The highest BCUT2D eigenvalue weighted by Gasteiger charge is 2.09. The van der Waals surface area contributed by atoms with Crippen LogP contribution in [-0.4, -0.2) is 32.8 Å². The van der Waals surface area contributed by atoms with Crippen molar-refractivity contribution in [3.63, 3.8) is 0 Å². The molecule has 1 heterocycles. The van der Waals surface area contributed by atoms with Gasteiger partial charge in [-0.05, 0) is 42.2 Å². The molecule has 0 radical (unpaired) electrons. The third-order valence-electron chi connectivity index (χ3n) is 4.65. The molecule has 2 N–H and O–H groups in total. The third kappa shape index (κ3) is 4.83. The van der Waals surface area contributed by atoms with Gasteiger partial charge in [-0.1, -0.05) is 48.0 Å². The lowest BCUT2D eigenvalue weighted by molar-refractivity contribution is 0.153. The Bertz CT molecular complexity index is 767. The van der Waals surface area contributed by atoms with Crippen LogP contribution in [0.3, 0.4) is 0 Å². The minimum Gasteiger partial charge on any atom is -0.377 e. The zero-order valence-electron chi connectivity index (χ0n) is 15.1. The molecule has 0 amide bonds. The van der Waals surface area contributed by atoms with Gasteiger partial charge in [0.25, 0.3) is 0 Å². The van der Waals surface area contributed by atoms with Crippen LogP contribution in [0.25, 0.3) is 10.8 Å². The molecule has 2 aromatic rings. The lowest BCUT2D eigenvalue weighted by Crippen LogP contribution is -2.39. The largest absolute Gasteiger partial charge is 0.377 e. The summed E-state index contributed by atoms with van der Waals surface area (Å²) in [5.74, 6) is 0.841. The summed E-state index contributed by atoms with van der Waals surface area (Å²) in [6.07, 6.45) is 4.27. The zero-order valence-corrected chi connectivity index (χ0v) is 15.1. The maximum Gasteiger partial charge on any atom is 0.191 e. The van der Waals surface area contributed by atoms with Crippen molar-refractivity contribution in [1.82, 2.24) is 10.6 Å². The Kier molecular flexibility index (Phi) is 6.07. The molecule has 0 aromatic heterocycles. The van der Waals surface area contributed by atoms with E-state index in [-0.39, 0.29) is 6.04 Å².